The number of aliphatic hydroxyl groups is 1. The zero-order valence-electron chi connectivity index (χ0n) is 12.3. The minimum absolute atomic E-state index is 0.144. The Morgan fingerprint density at radius 3 is 2.70 bits per heavy atom. The Morgan fingerprint density at radius 1 is 1.05 bits per heavy atom. The largest absolute Gasteiger partial charge is 0.493 e. The van der Waals surface area contributed by atoms with Gasteiger partial charge in [-0.3, -0.25) is 0 Å². The molecular weight excluding hydrogens is 248 g/mol. The molecule has 0 radical (unpaired) electrons. The Balaban J connectivity index is 1.57. The van der Waals surface area contributed by atoms with Gasteiger partial charge in [-0.15, -0.1) is 0 Å². The van der Waals surface area contributed by atoms with E-state index >= 15 is 0 Å². The van der Waals surface area contributed by atoms with Crippen LogP contribution in [-0.2, 0) is 0 Å². The summed E-state index contributed by atoms with van der Waals surface area (Å²) in [5, 5.41) is 10.4. The van der Waals surface area contributed by atoms with Crippen LogP contribution in [-0.4, -0.2) is 17.8 Å². The van der Waals surface area contributed by atoms with Crippen molar-refractivity contribution in [2.24, 2.45) is 5.92 Å². The summed E-state index contributed by atoms with van der Waals surface area (Å²) in [5.41, 5.74) is 1.29. The molecule has 1 aromatic rings. The number of fused-ring (bicyclic) bond motifs is 1. The van der Waals surface area contributed by atoms with Crippen molar-refractivity contribution in [3.8, 4) is 5.75 Å². The zero-order chi connectivity index (χ0) is 13.8. The monoisotopic (exact) mass is 274 g/mol. The fourth-order valence-corrected chi connectivity index (χ4v) is 3.89. The number of aliphatic hydroxyl groups excluding tert-OH is 1. The third-order valence-electron chi connectivity index (χ3n) is 4.97. The van der Waals surface area contributed by atoms with Crippen molar-refractivity contribution in [3.63, 3.8) is 0 Å². The first kappa shape index (κ1) is 13.9. The summed E-state index contributed by atoms with van der Waals surface area (Å²) >= 11 is 0. The molecule has 0 aromatic heterocycles. The SMILES string of the molecule is OC(CC1CCCCC1)CC1CCOc2ccccc21. The van der Waals surface area contributed by atoms with Gasteiger partial charge in [-0.05, 0) is 42.7 Å². The molecule has 1 fully saturated rings. The molecule has 2 nitrogen and oxygen atoms in total. The van der Waals surface area contributed by atoms with Crippen molar-refractivity contribution < 1.29 is 9.84 Å². The van der Waals surface area contributed by atoms with Crippen LogP contribution in [0.1, 0.15) is 62.8 Å². The van der Waals surface area contributed by atoms with Crippen LogP contribution in [0.5, 0.6) is 5.75 Å². The number of benzene rings is 1. The summed E-state index contributed by atoms with van der Waals surface area (Å²) in [6.07, 6.45) is 9.54. The van der Waals surface area contributed by atoms with Crippen molar-refractivity contribution in [1.82, 2.24) is 0 Å². The van der Waals surface area contributed by atoms with Crippen molar-refractivity contribution in [1.29, 1.82) is 0 Å². The molecule has 1 aromatic carbocycles. The Kier molecular flexibility index (Phi) is 4.62. The number of hydrogen-bond donors (Lipinski definition) is 1. The van der Waals surface area contributed by atoms with Crippen LogP contribution >= 0.6 is 0 Å². The topological polar surface area (TPSA) is 29.5 Å². The summed E-state index contributed by atoms with van der Waals surface area (Å²) in [4.78, 5) is 0. The summed E-state index contributed by atoms with van der Waals surface area (Å²) in [6.45, 7) is 0.790. The van der Waals surface area contributed by atoms with Gasteiger partial charge in [0.15, 0.2) is 0 Å². The normalized spacial score (nSPS) is 24.8. The third kappa shape index (κ3) is 3.35. The van der Waals surface area contributed by atoms with Crippen molar-refractivity contribution in [2.75, 3.05) is 6.61 Å². The van der Waals surface area contributed by atoms with Gasteiger partial charge in [0.05, 0.1) is 12.7 Å². The molecule has 1 aliphatic carbocycles. The Labute approximate surface area is 122 Å². The Hall–Kier alpha value is -1.02. The van der Waals surface area contributed by atoms with E-state index in [1.54, 1.807) is 0 Å². The maximum absolute atomic E-state index is 10.4. The lowest BCUT2D eigenvalue weighted by molar-refractivity contribution is 0.107. The lowest BCUT2D eigenvalue weighted by atomic mass is 9.81. The van der Waals surface area contributed by atoms with Gasteiger partial charge in [0.25, 0.3) is 0 Å². The van der Waals surface area contributed by atoms with Gasteiger partial charge in [-0.25, -0.2) is 0 Å². The molecule has 2 atom stereocenters. The highest BCUT2D eigenvalue weighted by molar-refractivity contribution is 5.37. The number of hydrogen-bond acceptors (Lipinski definition) is 2. The fraction of sp³-hybridized carbons (Fsp3) is 0.667. The van der Waals surface area contributed by atoms with Gasteiger partial charge in [-0.1, -0.05) is 50.3 Å². The minimum Gasteiger partial charge on any atom is -0.493 e. The number of ether oxygens (including phenoxy) is 1. The van der Waals surface area contributed by atoms with Gasteiger partial charge < -0.3 is 9.84 Å². The summed E-state index contributed by atoms with van der Waals surface area (Å²) in [6, 6.07) is 8.31. The maximum Gasteiger partial charge on any atom is 0.122 e. The van der Waals surface area contributed by atoms with Crippen LogP contribution < -0.4 is 4.74 Å². The molecule has 0 saturated heterocycles. The van der Waals surface area contributed by atoms with E-state index in [0.717, 1.165) is 37.5 Å². The van der Waals surface area contributed by atoms with E-state index < -0.39 is 0 Å². The second-order valence-corrected chi connectivity index (χ2v) is 6.50. The highest BCUT2D eigenvalue weighted by Crippen LogP contribution is 2.37. The first-order chi connectivity index (χ1) is 9.83. The average molecular weight is 274 g/mol. The van der Waals surface area contributed by atoms with Crippen molar-refractivity contribution in [3.05, 3.63) is 29.8 Å². The van der Waals surface area contributed by atoms with Crippen LogP contribution in [0.4, 0.5) is 0 Å². The van der Waals surface area contributed by atoms with E-state index in [4.69, 9.17) is 4.74 Å². The lowest BCUT2D eigenvalue weighted by Crippen LogP contribution is -2.22. The summed E-state index contributed by atoms with van der Waals surface area (Å²) < 4.78 is 5.70. The molecule has 0 spiro atoms. The molecule has 0 amide bonds. The van der Waals surface area contributed by atoms with E-state index in [2.05, 4.69) is 18.2 Å². The van der Waals surface area contributed by atoms with Gasteiger partial charge in [0, 0.05) is 0 Å². The standard InChI is InChI=1S/C18H26O2/c19-16(12-14-6-2-1-3-7-14)13-15-10-11-20-18-9-5-4-8-17(15)18/h4-5,8-9,14-16,19H,1-3,6-7,10-13H2. The maximum atomic E-state index is 10.4. The number of para-hydroxylation sites is 1. The summed E-state index contributed by atoms with van der Waals surface area (Å²) in [7, 11) is 0. The first-order valence-electron chi connectivity index (χ1n) is 8.22. The molecule has 1 saturated carbocycles. The highest BCUT2D eigenvalue weighted by Gasteiger charge is 2.25. The van der Waals surface area contributed by atoms with Gasteiger partial charge in [0.1, 0.15) is 5.75 Å². The van der Waals surface area contributed by atoms with E-state index in [-0.39, 0.29) is 6.10 Å². The van der Waals surface area contributed by atoms with Crippen molar-refractivity contribution >= 4 is 0 Å². The van der Waals surface area contributed by atoms with Crippen LogP contribution in [0.2, 0.25) is 0 Å². The van der Waals surface area contributed by atoms with E-state index in [0.29, 0.717) is 5.92 Å². The quantitative estimate of drug-likeness (QED) is 0.888. The summed E-state index contributed by atoms with van der Waals surface area (Å²) in [5.74, 6) is 2.25. The van der Waals surface area contributed by atoms with Crippen molar-refractivity contribution in [2.45, 2.75) is 63.4 Å². The van der Waals surface area contributed by atoms with E-state index in [9.17, 15) is 5.11 Å². The minimum atomic E-state index is -0.144. The molecule has 1 heterocycles. The van der Waals surface area contributed by atoms with Gasteiger partial charge >= 0.3 is 0 Å². The smallest absolute Gasteiger partial charge is 0.122 e. The molecule has 2 aliphatic rings. The second kappa shape index (κ2) is 6.62. The first-order valence-corrected chi connectivity index (χ1v) is 8.22. The molecule has 1 N–H and O–H groups in total. The van der Waals surface area contributed by atoms with Gasteiger partial charge in [0.2, 0.25) is 0 Å². The molecule has 2 heteroatoms. The lowest BCUT2D eigenvalue weighted by Gasteiger charge is -2.29. The molecule has 0 bridgehead atoms. The second-order valence-electron chi connectivity index (χ2n) is 6.50. The fourth-order valence-electron chi connectivity index (χ4n) is 3.89. The van der Waals surface area contributed by atoms with Gasteiger partial charge in [-0.2, -0.15) is 0 Å². The highest BCUT2D eigenvalue weighted by atomic mass is 16.5. The van der Waals surface area contributed by atoms with E-state index in [1.807, 2.05) is 6.07 Å². The molecule has 20 heavy (non-hydrogen) atoms. The predicted octanol–water partition coefficient (Wildman–Crippen LogP) is 4.27. The Morgan fingerprint density at radius 2 is 1.85 bits per heavy atom. The molecular formula is C18H26O2. The predicted molar refractivity (Wildman–Crippen MR) is 81.1 cm³/mol. The van der Waals surface area contributed by atoms with E-state index in [1.165, 1.54) is 37.7 Å². The van der Waals surface area contributed by atoms with Crippen LogP contribution in [0.25, 0.3) is 0 Å². The Bertz CT molecular complexity index is 423. The molecule has 110 valence electrons. The number of rotatable bonds is 4. The van der Waals surface area contributed by atoms with Crippen LogP contribution in [0, 0.1) is 5.92 Å². The zero-order valence-corrected chi connectivity index (χ0v) is 12.3. The molecule has 1 aliphatic heterocycles. The average Bonchev–Trinajstić information content (AvgIpc) is 2.48. The van der Waals surface area contributed by atoms with Crippen LogP contribution in [0.3, 0.4) is 0 Å². The van der Waals surface area contributed by atoms with Crippen LogP contribution in [0.15, 0.2) is 24.3 Å². The molecule has 3 rings (SSSR count). The molecule has 2 unspecified atom stereocenters. The third-order valence-corrected chi connectivity index (χ3v) is 4.97.